The number of ether oxygens (including phenoxy) is 1. The van der Waals surface area contributed by atoms with Crippen molar-refractivity contribution in [2.24, 2.45) is 0 Å². The van der Waals surface area contributed by atoms with Gasteiger partial charge in [0.25, 0.3) is 5.91 Å². The van der Waals surface area contributed by atoms with Crippen molar-refractivity contribution >= 4 is 51.2 Å². The van der Waals surface area contributed by atoms with Crippen LogP contribution in [0.2, 0.25) is 0 Å². The predicted octanol–water partition coefficient (Wildman–Crippen LogP) is 4.67. The summed E-state index contributed by atoms with van der Waals surface area (Å²) in [6.07, 6.45) is -0.0662. The number of nitrogens with one attached hydrogen (secondary N) is 3. The number of aliphatic hydroxyl groups excluding tert-OH is 1. The zero-order valence-corrected chi connectivity index (χ0v) is 21.8. The lowest BCUT2D eigenvalue weighted by atomic mass is 10.1. The van der Waals surface area contributed by atoms with E-state index in [1.807, 2.05) is 30.5 Å². The van der Waals surface area contributed by atoms with Gasteiger partial charge in [-0.25, -0.2) is 14.8 Å². The minimum Gasteiger partial charge on any atom is -0.497 e. The standard InChI is InChI=1S/C25H26N6O4S2/c1-3-17(32)12-27-24(34)31-25-30-21(26)20(37-25)23-29-19(13-36-23)14-6-4-8-16(10-14)28-22(33)15-7-5-9-18(11-15)35-2/h4-11,13,17,32H,3,12,26H2,1-2H3,(H,28,33)(H2,27,30,31,34). The number of aliphatic hydroxyl groups is 1. The van der Waals surface area contributed by atoms with Gasteiger partial charge in [0.15, 0.2) is 5.13 Å². The smallest absolute Gasteiger partial charge is 0.321 e. The van der Waals surface area contributed by atoms with Crippen molar-refractivity contribution in [1.29, 1.82) is 0 Å². The maximum Gasteiger partial charge on any atom is 0.321 e. The number of anilines is 3. The highest BCUT2D eigenvalue weighted by atomic mass is 32.1. The molecule has 0 bridgehead atoms. The molecule has 0 spiro atoms. The first-order valence-corrected chi connectivity index (χ1v) is 13.1. The van der Waals surface area contributed by atoms with Crippen molar-refractivity contribution in [3.8, 4) is 26.9 Å². The quantitative estimate of drug-likeness (QED) is 0.208. The molecule has 1 atom stereocenters. The number of carbonyl (C=O) groups is 2. The van der Waals surface area contributed by atoms with Gasteiger partial charge in [-0.2, -0.15) is 0 Å². The van der Waals surface area contributed by atoms with Crippen molar-refractivity contribution in [2.45, 2.75) is 19.4 Å². The molecule has 4 aromatic rings. The molecule has 0 saturated carbocycles. The molecule has 4 rings (SSSR count). The van der Waals surface area contributed by atoms with Gasteiger partial charge in [0.1, 0.15) is 21.5 Å². The van der Waals surface area contributed by atoms with Crippen molar-refractivity contribution in [3.05, 3.63) is 59.5 Å². The Morgan fingerprint density at radius 1 is 1.14 bits per heavy atom. The number of aromatic nitrogens is 2. The molecule has 0 saturated heterocycles. The number of urea groups is 1. The van der Waals surface area contributed by atoms with E-state index in [-0.39, 0.29) is 18.3 Å². The van der Waals surface area contributed by atoms with Crippen LogP contribution >= 0.6 is 22.7 Å². The van der Waals surface area contributed by atoms with E-state index < -0.39 is 12.1 Å². The number of nitrogen functional groups attached to an aromatic ring is 1. The minimum atomic E-state index is -0.606. The van der Waals surface area contributed by atoms with E-state index >= 15 is 0 Å². The van der Waals surface area contributed by atoms with Crippen molar-refractivity contribution < 1.29 is 19.4 Å². The fraction of sp³-hybridized carbons (Fsp3) is 0.200. The normalized spacial score (nSPS) is 11.5. The van der Waals surface area contributed by atoms with Crippen LogP contribution in [-0.2, 0) is 0 Å². The monoisotopic (exact) mass is 538 g/mol. The van der Waals surface area contributed by atoms with Gasteiger partial charge in [-0.3, -0.25) is 10.1 Å². The van der Waals surface area contributed by atoms with E-state index in [0.29, 0.717) is 44.1 Å². The van der Waals surface area contributed by atoms with Crippen LogP contribution in [-0.4, -0.2) is 46.8 Å². The number of thiazole rings is 2. The first-order valence-electron chi connectivity index (χ1n) is 11.4. The van der Waals surface area contributed by atoms with Gasteiger partial charge in [0.05, 0.1) is 18.9 Å². The second-order valence-electron chi connectivity index (χ2n) is 7.94. The number of nitrogens with two attached hydrogens (primary N) is 1. The molecule has 1 unspecified atom stereocenters. The number of hydrogen-bond acceptors (Lipinski definition) is 9. The first-order chi connectivity index (χ1) is 17.9. The summed E-state index contributed by atoms with van der Waals surface area (Å²) in [6.45, 7) is 1.97. The summed E-state index contributed by atoms with van der Waals surface area (Å²) in [7, 11) is 1.55. The van der Waals surface area contributed by atoms with E-state index in [1.165, 1.54) is 22.7 Å². The molecule has 6 N–H and O–H groups in total. The van der Waals surface area contributed by atoms with Crippen molar-refractivity contribution in [2.75, 3.05) is 30.0 Å². The molecule has 0 aliphatic carbocycles. The van der Waals surface area contributed by atoms with E-state index in [4.69, 9.17) is 15.5 Å². The number of benzene rings is 2. The molecule has 2 aromatic heterocycles. The molecule has 10 nitrogen and oxygen atoms in total. The minimum absolute atomic E-state index is 0.144. The molecule has 0 aliphatic heterocycles. The molecule has 2 aromatic carbocycles. The number of carbonyl (C=O) groups excluding carboxylic acids is 2. The Bertz CT molecular complexity index is 1400. The van der Waals surface area contributed by atoms with Gasteiger partial charge in [-0.05, 0) is 36.8 Å². The highest BCUT2D eigenvalue weighted by Gasteiger charge is 2.17. The maximum absolute atomic E-state index is 12.7. The van der Waals surface area contributed by atoms with E-state index in [1.54, 1.807) is 37.4 Å². The largest absolute Gasteiger partial charge is 0.497 e. The Labute approximate surface area is 221 Å². The Hall–Kier alpha value is -4.00. The number of hydrogen-bond donors (Lipinski definition) is 5. The lowest BCUT2D eigenvalue weighted by molar-refractivity contribution is 0.102. The molecule has 12 heteroatoms. The zero-order valence-electron chi connectivity index (χ0n) is 20.1. The van der Waals surface area contributed by atoms with Crippen LogP contribution in [0.1, 0.15) is 23.7 Å². The Balaban J connectivity index is 1.45. The molecule has 37 heavy (non-hydrogen) atoms. The van der Waals surface area contributed by atoms with Crippen LogP contribution in [0.25, 0.3) is 21.1 Å². The summed E-state index contributed by atoms with van der Waals surface area (Å²) in [4.78, 5) is 34.3. The van der Waals surface area contributed by atoms with Gasteiger partial charge >= 0.3 is 6.03 Å². The van der Waals surface area contributed by atoms with E-state index in [2.05, 4.69) is 20.9 Å². The van der Waals surface area contributed by atoms with Gasteiger partial charge in [0, 0.05) is 28.7 Å². The lowest BCUT2D eigenvalue weighted by Gasteiger charge is -2.09. The Kier molecular flexibility index (Phi) is 8.33. The van der Waals surface area contributed by atoms with Gasteiger partial charge < -0.3 is 26.2 Å². The average molecular weight is 539 g/mol. The summed E-state index contributed by atoms with van der Waals surface area (Å²) in [5.41, 5.74) is 8.74. The summed E-state index contributed by atoms with van der Waals surface area (Å²) >= 11 is 2.61. The second-order valence-corrected chi connectivity index (χ2v) is 9.79. The van der Waals surface area contributed by atoms with Crippen LogP contribution in [0, 0.1) is 0 Å². The topological polar surface area (TPSA) is 151 Å². The average Bonchev–Trinajstić information content (AvgIpc) is 3.54. The fourth-order valence-corrected chi connectivity index (χ4v) is 5.08. The summed E-state index contributed by atoms with van der Waals surface area (Å²) in [6, 6.07) is 13.8. The van der Waals surface area contributed by atoms with Crippen molar-refractivity contribution in [3.63, 3.8) is 0 Å². The summed E-state index contributed by atoms with van der Waals surface area (Å²) in [5.74, 6) is 0.614. The van der Waals surface area contributed by atoms with Crippen molar-refractivity contribution in [1.82, 2.24) is 15.3 Å². The number of rotatable bonds is 9. The molecule has 3 amide bonds. The third-order valence-electron chi connectivity index (χ3n) is 5.29. The fourth-order valence-electron chi connectivity index (χ4n) is 3.27. The molecule has 2 heterocycles. The summed E-state index contributed by atoms with van der Waals surface area (Å²) in [5, 5.41) is 20.6. The van der Waals surface area contributed by atoms with Crippen LogP contribution in [0.15, 0.2) is 53.9 Å². The van der Waals surface area contributed by atoms with Crippen LogP contribution in [0.3, 0.4) is 0 Å². The SMILES string of the molecule is CCC(O)CNC(=O)Nc1nc(N)c(-c2nc(-c3cccc(NC(=O)c4cccc(OC)c4)c3)cs2)s1. The number of nitrogens with zero attached hydrogens (tertiary/aromatic N) is 2. The molecule has 0 radical (unpaired) electrons. The molecular weight excluding hydrogens is 512 g/mol. The third kappa shape index (κ3) is 6.61. The molecule has 0 aliphatic rings. The predicted molar refractivity (Wildman–Crippen MR) is 147 cm³/mol. The van der Waals surface area contributed by atoms with Gasteiger partial charge in [-0.1, -0.05) is 36.5 Å². The highest BCUT2D eigenvalue weighted by Crippen LogP contribution is 2.38. The van der Waals surface area contributed by atoms with E-state index in [9.17, 15) is 14.7 Å². The van der Waals surface area contributed by atoms with Crippen LogP contribution in [0.5, 0.6) is 5.75 Å². The maximum atomic E-state index is 12.7. The Morgan fingerprint density at radius 3 is 2.73 bits per heavy atom. The van der Waals surface area contributed by atoms with Gasteiger partial charge in [0.2, 0.25) is 0 Å². The van der Waals surface area contributed by atoms with Gasteiger partial charge in [-0.15, -0.1) is 11.3 Å². The highest BCUT2D eigenvalue weighted by molar-refractivity contribution is 7.23. The zero-order chi connectivity index (χ0) is 26.4. The molecule has 0 fully saturated rings. The molecular formula is C25H26N6O4S2. The lowest BCUT2D eigenvalue weighted by Crippen LogP contribution is -2.34. The van der Waals surface area contributed by atoms with Crippen LogP contribution in [0.4, 0.5) is 21.4 Å². The number of methoxy groups -OCH3 is 1. The number of amides is 3. The second kappa shape index (κ2) is 11.8. The first kappa shape index (κ1) is 26.1. The molecule has 192 valence electrons. The Morgan fingerprint density at radius 2 is 1.95 bits per heavy atom. The van der Waals surface area contributed by atoms with E-state index in [0.717, 1.165) is 5.56 Å². The summed E-state index contributed by atoms with van der Waals surface area (Å²) < 4.78 is 5.19. The third-order valence-corrected chi connectivity index (χ3v) is 7.27. The van der Waals surface area contributed by atoms with Crippen LogP contribution < -0.4 is 26.4 Å².